The van der Waals surface area contributed by atoms with Crippen LogP contribution in [0.15, 0.2) is 0 Å². The number of nitrogens with one attached hydrogen (secondary N) is 2. The van der Waals surface area contributed by atoms with Crippen LogP contribution < -0.4 is 10.6 Å². The van der Waals surface area contributed by atoms with E-state index in [0.29, 0.717) is 12.1 Å². The maximum Gasteiger partial charge on any atom is 0.229 e. The molecule has 0 heterocycles. The molecule has 0 aromatic carbocycles. The summed E-state index contributed by atoms with van der Waals surface area (Å²) < 4.78 is 0. The highest BCUT2D eigenvalue weighted by Crippen LogP contribution is 2.18. The lowest BCUT2D eigenvalue weighted by Crippen LogP contribution is -2.39. The van der Waals surface area contributed by atoms with Gasteiger partial charge in [0.05, 0.1) is 0 Å². The minimum absolute atomic E-state index is 0.00694. The molecule has 0 spiro atoms. The van der Waals surface area contributed by atoms with Gasteiger partial charge in [0.1, 0.15) is 6.42 Å². The number of rotatable bonds is 4. The summed E-state index contributed by atoms with van der Waals surface area (Å²) in [6, 6.07) is 0.614. The molecule has 2 saturated carbocycles. The van der Waals surface area contributed by atoms with Crippen molar-refractivity contribution >= 4 is 11.8 Å². The van der Waals surface area contributed by atoms with Crippen molar-refractivity contribution < 1.29 is 9.59 Å². The lowest BCUT2D eigenvalue weighted by atomic mass is 10.2. The zero-order valence-electron chi connectivity index (χ0n) is 10.3. The van der Waals surface area contributed by atoms with Crippen LogP contribution >= 0.6 is 0 Å². The molecule has 0 atom stereocenters. The van der Waals surface area contributed by atoms with E-state index in [9.17, 15) is 9.59 Å². The monoisotopic (exact) mass is 238 g/mol. The molecule has 0 aromatic rings. The highest BCUT2D eigenvalue weighted by molar-refractivity contribution is 5.97. The molecule has 2 N–H and O–H groups in total. The molecule has 0 bridgehead atoms. The minimum atomic E-state index is -0.118. The summed E-state index contributed by atoms with van der Waals surface area (Å²) in [5.41, 5.74) is 0. The van der Waals surface area contributed by atoms with Crippen LogP contribution in [0.25, 0.3) is 0 Å². The smallest absolute Gasteiger partial charge is 0.229 e. The van der Waals surface area contributed by atoms with E-state index in [4.69, 9.17) is 0 Å². The molecular weight excluding hydrogens is 216 g/mol. The van der Waals surface area contributed by atoms with E-state index in [1.165, 1.54) is 25.7 Å². The molecule has 0 unspecified atom stereocenters. The van der Waals surface area contributed by atoms with Gasteiger partial charge in [-0.2, -0.15) is 0 Å². The Morgan fingerprint density at radius 3 is 1.47 bits per heavy atom. The predicted molar refractivity (Wildman–Crippen MR) is 65.4 cm³/mol. The first kappa shape index (κ1) is 12.4. The molecule has 0 aliphatic heterocycles. The van der Waals surface area contributed by atoms with Gasteiger partial charge >= 0.3 is 0 Å². The van der Waals surface area contributed by atoms with Crippen molar-refractivity contribution in [3.63, 3.8) is 0 Å². The van der Waals surface area contributed by atoms with Crippen LogP contribution in [-0.2, 0) is 9.59 Å². The third kappa shape index (κ3) is 4.02. The van der Waals surface area contributed by atoms with Gasteiger partial charge in [0.15, 0.2) is 0 Å². The fourth-order valence-corrected chi connectivity index (χ4v) is 2.84. The third-order valence-electron chi connectivity index (χ3n) is 3.76. The Hall–Kier alpha value is -1.06. The molecule has 2 aliphatic rings. The van der Waals surface area contributed by atoms with Gasteiger partial charge in [-0.1, -0.05) is 25.7 Å². The summed E-state index contributed by atoms with van der Waals surface area (Å²) >= 11 is 0. The van der Waals surface area contributed by atoms with Gasteiger partial charge in [-0.05, 0) is 25.7 Å². The van der Waals surface area contributed by atoms with Crippen LogP contribution in [0.5, 0.6) is 0 Å². The Balaban J connectivity index is 1.64. The molecule has 17 heavy (non-hydrogen) atoms. The second-order valence-corrected chi connectivity index (χ2v) is 5.27. The van der Waals surface area contributed by atoms with Gasteiger partial charge < -0.3 is 10.6 Å². The summed E-state index contributed by atoms with van der Waals surface area (Å²) in [5.74, 6) is -0.236. The number of carbonyl (C=O) groups is 2. The van der Waals surface area contributed by atoms with Crippen molar-refractivity contribution in [2.24, 2.45) is 0 Å². The first-order chi connectivity index (χ1) is 8.24. The molecule has 96 valence electrons. The predicted octanol–water partition coefficient (Wildman–Crippen LogP) is 1.49. The summed E-state index contributed by atoms with van der Waals surface area (Å²) in [4.78, 5) is 23.2. The molecule has 4 nitrogen and oxygen atoms in total. The first-order valence-corrected chi connectivity index (χ1v) is 6.83. The van der Waals surface area contributed by atoms with E-state index >= 15 is 0 Å². The summed E-state index contributed by atoms with van der Waals surface area (Å²) in [5, 5.41) is 5.87. The molecule has 0 aromatic heterocycles. The summed E-state index contributed by atoms with van der Waals surface area (Å²) in [7, 11) is 0. The van der Waals surface area contributed by atoms with Crippen molar-refractivity contribution in [2.45, 2.75) is 69.9 Å². The topological polar surface area (TPSA) is 58.2 Å². The van der Waals surface area contributed by atoms with Crippen molar-refractivity contribution in [3.05, 3.63) is 0 Å². The minimum Gasteiger partial charge on any atom is -0.353 e. The molecule has 2 aliphatic carbocycles. The molecule has 0 radical (unpaired) electrons. The van der Waals surface area contributed by atoms with Gasteiger partial charge in [-0.15, -0.1) is 0 Å². The largest absolute Gasteiger partial charge is 0.353 e. The zero-order chi connectivity index (χ0) is 12.1. The highest BCUT2D eigenvalue weighted by atomic mass is 16.2. The number of hydrogen-bond acceptors (Lipinski definition) is 2. The molecule has 2 amide bonds. The Morgan fingerprint density at radius 1 is 0.765 bits per heavy atom. The molecule has 2 fully saturated rings. The van der Waals surface area contributed by atoms with Crippen LogP contribution in [-0.4, -0.2) is 23.9 Å². The van der Waals surface area contributed by atoms with Crippen molar-refractivity contribution in [3.8, 4) is 0 Å². The van der Waals surface area contributed by atoms with Gasteiger partial charge in [0, 0.05) is 12.1 Å². The van der Waals surface area contributed by atoms with Crippen LogP contribution in [0, 0.1) is 0 Å². The van der Waals surface area contributed by atoms with Gasteiger partial charge in [-0.3, -0.25) is 9.59 Å². The van der Waals surface area contributed by atoms with Gasteiger partial charge in [0.25, 0.3) is 0 Å². The normalized spacial score (nSPS) is 21.6. The molecule has 4 heteroatoms. The maximum absolute atomic E-state index is 11.6. The van der Waals surface area contributed by atoms with Crippen molar-refractivity contribution in [1.82, 2.24) is 10.6 Å². The van der Waals surface area contributed by atoms with Crippen LogP contribution in [0.1, 0.15) is 57.8 Å². The van der Waals surface area contributed by atoms with Crippen LogP contribution in [0.3, 0.4) is 0 Å². The molecular formula is C13H22N2O2. The van der Waals surface area contributed by atoms with Crippen LogP contribution in [0.4, 0.5) is 0 Å². The lowest BCUT2D eigenvalue weighted by molar-refractivity contribution is -0.130. The van der Waals surface area contributed by atoms with E-state index in [1.54, 1.807) is 0 Å². The van der Waals surface area contributed by atoms with Crippen LogP contribution in [0.2, 0.25) is 0 Å². The average molecular weight is 238 g/mol. The summed E-state index contributed by atoms with van der Waals surface area (Å²) in [6.45, 7) is 0. The SMILES string of the molecule is O=C(CC(=O)NC1CCCC1)NC1CCCC1. The van der Waals surface area contributed by atoms with Gasteiger partial charge in [-0.25, -0.2) is 0 Å². The zero-order valence-corrected chi connectivity index (χ0v) is 10.3. The van der Waals surface area contributed by atoms with E-state index in [-0.39, 0.29) is 18.2 Å². The van der Waals surface area contributed by atoms with Crippen molar-refractivity contribution in [1.29, 1.82) is 0 Å². The number of hydrogen-bond donors (Lipinski definition) is 2. The fourth-order valence-electron chi connectivity index (χ4n) is 2.84. The van der Waals surface area contributed by atoms with Gasteiger partial charge in [0.2, 0.25) is 11.8 Å². The molecule has 2 rings (SSSR count). The fraction of sp³-hybridized carbons (Fsp3) is 0.846. The average Bonchev–Trinajstić information content (AvgIpc) is 2.90. The molecule has 0 saturated heterocycles. The second kappa shape index (κ2) is 6.03. The Labute approximate surface area is 103 Å². The van der Waals surface area contributed by atoms with E-state index < -0.39 is 0 Å². The Kier molecular flexibility index (Phi) is 4.40. The second-order valence-electron chi connectivity index (χ2n) is 5.27. The quantitative estimate of drug-likeness (QED) is 0.729. The maximum atomic E-state index is 11.6. The Morgan fingerprint density at radius 2 is 1.12 bits per heavy atom. The third-order valence-corrected chi connectivity index (χ3v) is 3.76. The highest BCUT2D eigenvalue weighted by Gasteiger charge is 2.21. The summed E-state index contributed by atoms with van der Waals surface area (Å²) in [6.07, 6.45) is 9.03. The Bertz CT molecular complexity index is 251. The van der Waals surface area contributed by atoms with Crippen molar-refractivity contribution in [2.75, 3.05) is 0 Å². The van der Waals surface area contributed by atoms with E-state index in [0.717, 1.165) is 25.7 Å². The van der Waals surface area contributed by atoms with E-state index in [2.05, 4.69) is 10.6 Å². The number of amides is 2. The lowest BCUT2D eigenvalue weighted by Gasteiger charge is -2.14. The van der Waals surface area contributed by atoms with E-state index in [1.807, 2.05) is 0 Å². The first-order valence-electron chi connectivity index (χ1n) is 6.83. The number of carbonyl (C=O) groups excluding carboxylic acids is 2. The standard InChI is InChI=1S/C13H22N2O2/c16-12(14-10-5-1-2-6-10)9-13(17)15-11-7-3-4-8-11/h10-11H,1-9H2,(H,14,16)(H,15,17).